The van der Waals surface area contributed by atoms with E-state index in [-0.39, 0.29) is 11.2 Å². The molecule has 0 amide bonds. The number of nitrogens with zero attached hydrogens (tertiary/aromatic N) is 4. The quantitative estimate of drug-likeness (QED) is 0.195. The predicted molar refractivity (Wildman–Crippen MR) is 204 cm³/mol. The van der Waals surface area contributed by atoms with Crippen molar-refractivity contribution in [3.63, 3.8) is 0 Å². The van der Waals surface area contributed by atoms with Crippen molar-refractivity contribution in [3.05, 3.63) is 164 Å². The van der Waals surface area contributed by atoms with Crippen LogP contribution in [-0.2, 0) is 5.41 Å². The Hall–Kier alpha value is -6.33. The smallest absolute Gasteiger partial charge is 0.151 e. The molecule has 0 unspecified atom stereocenters. The van der Waals surface area contributed by atoms with Crippen LogP contribution in [0, 0.1) is 0 Å². The van der Waals surface area contributed by atoms with Crippen LogP contribution in [0.1, 0.15) is 26.3 Å². The van der Waals surface area contributed by atoms with Gasteiger partial charge in [-0.2, -0.15) is 0 Å². The zero-order valence-corrected chi connectivity index (χ0v) is 28.2. The molecule has 0 bridgehead atoms. The third kappa shape index (κ3) is 5.73. The van der Waals surface area contributed by atoms with Crippen LogP contribution >= 0.6 is 0 Å². The Morgan fingerprint density at radius 3 is 1.94 bits per heavy atom. The first kappa shape index (κ1) is 31.0. The van der Waals surface area contributed by atoms with E-state index in [9.17, 15) is 5.11 Å². The average molecular weight is 649 g/mol. The number of aromatic hydroxyl groups is 1. The van der Waals surface area contributed by atoms with E-state index >= 15 is 0 Å². The van der Waals surface area contributed by atoms with Crippen LogP contribution < -0.4 is 0 Å². The molecule has 3 aromatic heterocycles. The van der Waals surface area contributed by atoms with Gasteiger partial charge in [0.05, 0.1) is 22.3 Å². The molecule has 1 N–H and O–H groups in total. The maximum Gasteiger partial charge on any atom is 0.151 e. The Balaban J connectivity index is 1.22. The fraction of sp³-hybridized carbons (Fsp3) is 0.0889. The van der Waals surface area contributed by atoms with Gasteiger partial charge in [-0.1, -0.05) is 124 Å². The van der Waals surface area contributed by atoms with Gasteiger partial charge in [0, 0.05) is 41.0 Å². The lowest BCUT2D eigenvalue weighted by Gasteiger charge is -2.21. The number of pyridine rings is 2. The maximum absolute atomic E-state index is 11.6. The SMILES string of the molecule is CC(C)(C)c1cncc(-c2nc3c(-c4cccc(-c5cc(-c6ccc(-c7ccccc7)cc6)ccn5)c4)cccc3n2-c2ccccc2)c1O. The maximum atomic E-state index is 11.6. The molecular weight excluding hydrogens is 613 g/mol. The predicted octanol–water partition coefficient (Wildman–Crippen LogP) is 11.2. The molecule has 242 valence electrons. The van der Waals surface area contributed by atoms with E-state index in [1.165, 1.54) is 11.1 Å². The van der Waals surface area contributed by atoms with Gasteiger partial charge in [0.1, 0.15) is 5.75 Å². The number of benzene rings is 5. The van der Waals surface area contributed by atoms with Gasteiger partial charge in [0.2, 0.25) is 0 Å². The van der Waals surface area contributed by atoms with E-state index < -0.39 is 0 Å². The zero-order valence-electron chi connectivity index (χ0n) is 28.2. The zero-order chi connectivity index (χ0) is 34.2. The number of imidazole rings is 1. The van der Waals surface area contributed by atoms with Gasteiger partial charge in [-0.15, -0.1) is 0 Å². The molecule has 0 aliphatic carbocycles. The van der Waals surface area contributed by atoms with E-state index in [4.69, 9.17) is 9.97 Å². The van der Waals surface area contributed by atoms with Gasteiger partial charge in [-0.25, -0.2) is 4.98 Å². The Bertz CT molecular complexity index is 2460. The van der Waals surface area contributed by atoms with Crippen LogP contribution in [-0.4, -0.2) is 24.6 Å². The van der Waals surface area contributed by atoms with Gasteiger partial charge in [-0.05, 0) is 69.6 Å². The first-order valence-corrected chi connectivity index (χ1v) is 16.8. The summed E-state index contributed by atoms with van der Waals surface area (Å²) in [6.07, 6.45) is 5.33. The molecule has 0 radical (unpaired) electrons. The summed E-state index contributed by atoms with van der Waals surface area (Å²) < 4.78 is 2.11. The minimum absolute atomic E-state index is 0.198. The fourth-order valence-corrected chi connectivity index (χ4v) is 6.62. The number of aromatic nitrogens is 4. The fourth-order valence-electron chi connectivity index (χ4n) is 6.62. The molecule has 5 heteroatoms. The van der Waals surface area contributed by atoms with Crippen molar-refractivity contribution in [3.8, 4) is 67.5 Å². The molecule has 0 aliphatic rings. The lowest BCUT2D eigenvalue weighted by Crippen LogP contribution is -2.12. The summed E-state index contributed by atoms with van der Waals surface area (Å²) in [5.74, 6) is 0.836. The van der Waals surface area contributed by atoms with E-state index in [1.807, 2.05) is 30.5 Å². The molecule has 0 spiro atoms. The van der Waals surface area contributed by atoms with Gasteiger partial charge < -0.3 is 5.11 Å². The molecule has 0 saturated heterocycles. The van der Waals surface area contributed by atoms with Crippen molar-refractivity contribution in [2.75, 3.05) is 0 Å². The van der Waals surface area contributed by atoms with E-state index in [0.717, 1.165) is 55.8 Å². The molecule has 0 fully saturated rings. The summed E-state index contributed by atoms with van der Waals surface area (Å²) in [6.45, 7) is 6.22. The molecule has 5 aromatic carbocycles. The molecule has 0 saturated carbocycles. The van der Waals surface area contributed by atoms with E-state index in [2.05, 4.69) is 146 Å². The minimum atomic E-state index is -0.292. The first-order valence-electron chi connectivity index (χ1n) is 16.8. The third-order valence-corrected chi connectivity index (χ3v) is 9.22. The molecule has 3 heterocycles. The van der Waals surface area contributed by atoms with E-state index in [0.29, 0.717) is 11.4 Å². The highest BCUT2D eigenvalue weighted by atomic mass is 16.3. The molecular formula is C45H36N4O. The summed E-state index contributed by atoms with van der Waals surface area (Å²) >= 11 is 0. The van der Waals surface area contributed by atoms with Crippen molar-refractivity contribution in [2.45, 2.75) is 26.2 Å². The normalized spacial score (nSPS) is 11.6. The van der Waals surface area contributed by atoms with Gasteiger partial charge in [-0.3, -0.25) is 14.5 Å². The number of hydrogen-bond donors (Lipinski definition) is 1. The molecule has 0 atom stereocenters. The number of rotatable bonds is 6. The van der Waals surface area contributed by atoms with Gasteiger partial charge in [0.15, 0.2) is 5.82 Å². The summed E-state index contributed by atoms with van der Waals surface area (Å²) in [4.78, 5) is 14.6. The Labute approximate surface area is 292 Å². The van der Waals surface area contributed by atoms with Crippen molar-refractivity contribution in [1.82, 2.24) is 19.5 Å². The lowest BCUT2D eigenvalue weighted by atomic mass is 9.86. The highest BCUT2D eigenvalue weighted by molar-refractivity contribution is 5.96. The van der Waals surface area contributed by atoms with Gasteiger partial charge in [0.25, 0.3) is 0 Å². The van der Waals surface area contributed by atoms with Crippen molar-refractivity contribution >= 4 is 11.0 Å². The van der Waals surface area contributed by atoms with Crippen LogP contribution in [0.5, 0.6) is 5.75 Å². The minimum Gasteiger partial charge on any atom is -0.507 e. The summed E-state index contributed by atoms with van der Waals surface area (Å²) in [7, 11) is 0. The standard InChI is InChI=1S/C45H36N4O/c1-45(2,3)39-29-46-28-38(43(39)50)44-48-42-37(18-11-19-41(42)49(44)36-16-8-5-9-17-36)34-14-10-15-35(26-34)40-27-33(24-25-47-40)32-22-20-31(21-23-32)30-12-6-4-7-13-30/h4-29H,1-3H3,(H,46,50). The summed E-state index contributed by atoms with van der Waals surface area (Å²) in [5.41, 5.74) is 12.4. The number of para-hydroxylation sites is 2. The molecule has 0 aliphatic heterocycles. The largest absolute Gasteiger partial charge is 0.507 e. The molecule has 5 nitrogen and oxygen atoms in total. The number of hydrogen-bond acceptors (Lipinski definition) is 4. The van der Waals surface area contributed by atoms with Crippen LogP contribution in [0.15, 0.2) is 158 Å². The second kappa shape index (κ2) is 12.6. The highest BCUT2D eigenvalue weighted by Gasteiger charge is 2.25. The third-order valence-electron chi connectivity index (χ3n) is 9.22. The van der Waals surface area contributed by atoms with Crippen LogP contribution in [0.4, 0.5) is 0 Å². The van der Waals surface area contributed by atoms with Crippen molar-refractivity contribution in [1.29, 1.82) is 0 Å². The first-order chi connectivity index (χ1) is 24.3. The van der Waals surface area contributed by atoms with Crippen LogP contribution in [0.3, 0.4) is 0 Å². The van der Waals surface area contributed by atoms with Crippen molar-refractivity contribution in [2.24, 2.45) is 0 Å². The van der Waals surface area contributed by atoms with E-state index in [1.54, 1.807) is 12.4 Å². The Kier molecular flexibility index (Phi) is 7.81. The Morgan fingerprint density at radius 1 is 0.560 bits per heavy atom. The second-order valence-corrected chi connectivity index (χ2v) is 13.6. The monoisotopic (exact) mass is 648 g/mol. The van der Waals surface area contributed by atoms with Crippen LogP contribution in [0.25, 0.3) is 72.7 Å². The van der Waals surface area contributed by atoms with Gasteiger partial charge >= 0.3 is 0 Å². The Morgan fingerprint density at radius 2 is 1.20 bits per heavy atom. The molecule has 8 aromatic rings. The highest BCUT2D eigenvalue weighted by Crippen LogP contribution is 2.41. The molecule has 50 heavy (non-hydrogen) atoms. The lowest BCUT2D eigenvalue weighted by molar-refractivity contribution is 0.446. The molecule has 8 rings (SSSR count). The van der Waals surface area contributed by atoms with Crippen molar-refractivity contribution < 1.29 is 5.11 Å². The average Bonchev–Trinajstić information content (AvgIpc) is 3.55. The van der Waals surface area contributed by atoms with Crippen LogP contribution in [0.2, 0.25) is 0 Å². The second-order valence-electron chi connectivity index (χ2n) is 13.6. The number of fused-ring (bicyclic) bond motifs is 1. The topological polar surface area (TPSA) is 63.8 Å². The summed E-state index contributed by atoms with van der Waals surface area (Å²) in [5, 5.41) is 11.6. The summed E-state index contributed by atoms with van der Waals surface area (Å²) in [6, 6.07) is 48.2.